The second-order valence-corrected chi connectivity index (χ2v) is 7.45. The minimum atomic E-state index is -0.311. The van der Waals surface area contributed by atoms with Crippen LogP contribution < -0.4 is 5.32 Å². The zero-order valence-corrected chi connectivity index (χ0v) is 15.6. The lowest BCUT2D eigenvalue weighted by atomic mass is 9.88. The normalized spacial score (nSPS) is 24.6. The van der Waals surface area contributed by atoms with E-state index >= 15 is 0 Å². The van der Waals surface area contributed by atoms with Crippen LogP contribution in [0.4, 0.5) is 0 Å². The van der Waals surface area contributed by atoms with Crippen molar-refractivity contribution in [3.05, 3.63) is 21.4 Å². The Balaban J connectivity index is 0. The van der Waals surface area contributed by atoms with E-state index in [2.05, 4.69) is 46.0 Å². The van der Waals surface area contributed by atoms with Crippen LogP contribution in [-0.4, -0.2) is 23.5 Å². The van der Waals surface area contributed by atoms with Gasteiger partial charge in [0.25, 0.3) is 0 Å². The van der Waals surface area contributed by atoms with Gasteiger partial charge in [-0.25, -0.2) is 0 Å². The molecule has 2 heterocycles. The number of thiophene rings is 1. The molecule has 21 heavy (non-hydrogen) atoms. The van der Waals surface area contributed by atoms with E-state index < -0.39 is 0 Å². The topological polar surface area (TPSA) is 32.3 Å². The number of nitrogens with one attached hydrogen (secondary N) is 1. The summed E-state index contributed by atoms with van der Waals surface area (Å²) in [6, 6.07) is 2.27. The van der Waals surface area contributed by atoms with Crippen molar-refractivity contribution in [1.29, 1.82) is 0 Å². The highest BCUT2D eigenvalue weighted by atomic mass is 32.1. The van der Waals surface area contributed by atoms with Gasteiger partial charge in [0, 0.05) is 26.1 Å². The van der Waals surface area contributed by atoms with Gasteiger partial charge in [0.05, 0.1) is 11.2 Å². The van der Waals surface area contributed by atoms with E-state index in [1.807, 2.05) is 32.2 Å². The average Bonchev–Trinajstić information content (AvgIpc) is 2.80. The summed E-state index contributed by atoms with van der Waals surface area (Å²) >= 11 is 1.82. The summed E-state index contributed by atoms with van der Waals surface area (Å²) in [5.74, 6) is 0.204. The molecule has 1 fully saturated rings. The summed E-state index contributed by atoms with van der Waals surface area (Å²) < 4.78 is 0. The van der Waals surface area contributed by atoms with Gasteiger partial charge >= 0.3 is 0 Å². The molecule has 3 nitrogen and oxygen atoms in total. The number of amides is 1. The molecule has 0 radical (unpaired) electrons. The van der Waals surface area contributed by atoms with Crippen molar-refractivity contribution < 1.29 is 7.65 Å². The van der Waals surface area contributed by atoms with E-state index in [1.165, 1.54) is 15.3 Å². The molecule has 1 aliphatic rings. The Morgan fingerprint density at radius 2 is 1.95 bits per heavy atom. The smallest absolute Gasteiger partial charge is 0.225 e. The average molecular weight is 315 g/mol. The zero-order chi connectivity index (χ0) is 16.4. The number of carbonyl (C=O) groups excluding carboxylic acids is 1. The molecule has 0 saturated carbocycles. The molecule has 0 aromatic carbocycles. The van der Waals surface area contributed by atoms with Crippen molar-refractivity contribution in [2.75, 3.05) is 7.05 Å². The molecule has 1 aliphatic heterocycles. The molecule has 1 N–H and O–H groups in total. The molecule has 0 unspecified atom stereocenters. The van der Waals surface area contributed by atoms with Gasteiger partial charge in [-0.05, 0) is 45.7 Å². The first-order valence-electron chi connectivity index (χ1n) is 7.85. The van der Waals surface area contributed by atoms with Crippen molar-refractivity contribution in [2.24, 2.45) is 0 Å². The molecular formula is C17H34N2OS. The predicted molar refractivity (Wildman–Crippen MR) is 96.0 cm³/mol. The number of rotatable bonds is 2. The van der Waals surface area contributed by atoms with Gasteiger partial charge in [-0.1, -0.05) is 20.8 Å². The summed E-state index contributed by atoms with van der Waals surface area (Å²) in [7, 11) is 1.87. The highest BCUT2D eigenvalue weighted by Crippen LogP contribution is 2.38. The Bertz CT molecular complexity index is 517. The van der Waals surface area contributed by atoms with Gasteiger partial charge in [-0.15, -0.1) is 11.3 Å². The first-order chi connectivity index (χ1) is 9.69. The third-order valence-electron chi connectivity index (χ3n) is 4.24. The maximum absolute atomic E-state index is 12.3. The van der Waals surface area contributed by atoms with E-state index in [1.54, 1.807) is 4.90 Å². The summed E-state index contributed by atoms with van der Waals surface area (Å²) in [6.45, 7) is 14.6. The van der Waals surface area contributed by atoms with Crippen LogP contribution in [0.2, 0.25) is 0 Å². The molecule has 4 heteroatoms. The highest BCUT2D eigenvalue weighted by Gasteiger charge is 2.44. The first-order valence-corrected chi connectivity index (χ1v) is 8.67. The van der Waals surface area contributed by atoms with E-state index in [-0.39, 0.29) is 20.0 Å². The molecule has 1 aromatic rings. The van der Waals surface area contributed by atoms with Crippen molar-refractivity contribution in [2.45, 2.75) is 72.5 Å². The number of carbonyl (C=O) groups is 1. The van der Waals surface area contributed by atoms with Crippen LogP contribution in [0.3, 0.4) is 0 Å². The summed E-state index contributed by atoms with van der Waals surface area (Å²) in [5.41, 5.74) is 0.830. The van der Waals surface area contributed by atoms with Crippen LogP contribution in [0.5, 0.6) is 0 Å². The Hall–Kier alpha value is -0.870. The fourth-order valence-electron chi connectivity index (χ4n) is 2.83. The monoisotopic (exact) mass is 314 g/mol. The first kappa shape index (κ1) is 18.2. The molecule has 2 rings (SSSR count). The van der Waals surface area contributed by atoms with Crippen LogP contribution in [0.1, 0.15) is 66.1 Å². The second-order valence-electron chi connectivity index (χ2n) is 6.19. The van der Waals surface area contributed by atoms with E-state index in [0.29, 0.717) is 6.42 Å². The Labute approximate surface area is 136 Å². The van der Waals surface area contributed by atoms with Gasteiger partial charge < -0.3 is 4.90 Å². The quantitative estimate of drug-likeness (QED) is 0.869. The van der Waals surface area contributed by atoms with Gasteiger partial charge in [0.1, 0.15) is 0 Å². The largest absolute Gasteiger partial charge is 0.328 e. The van der Waals surface area contributed by atoms with Gasteiger partial charge in [0.2, 0.25) is 5.91 Å². The summed E-state index contributed by atoms with van der Waals surface area (Å²) in [5, 5.41) is 3.65. The number of hydrogen-bond acceptors (Lipinski definition) is 3. The third kappa shape index (κ3) is 3.49. The third-order valence-corrected chi connectivity index (χ3v) is 5.60. The SMILES string of the molecule is CC.CCc1cc([C@]2(C)CC(=O)N(C)C(C)(C)N2)sc1C.[HH].[HH]. The van der Waals surface area contributed by atoms with Crippen LogP contribution >= 0.6 is 11.3 Å². The molecule has 0 spiro atoms. The van der Waals surface area contributed by atoms with Gasteiger partial charge in [0.15, 0.2) is 0 Å². The maximum atomic E-state index is 12.3. The predicted octanol–water partition coefficient (Wildman–Crippen LogP) is 4.54. The Kier molecular flexibility index (Phi) is 5.62. The highest BCUT2D eigenvalue weighted by molar-refractivity contribution is 7.12. The molecule has 1 saturated heterocycles. The number of aryl methyl sites for hydroxylation is 2. The Morgan fingerprint density at radius 3 is 2.38 bits per heavy atom. The molecule has 124 valence electrons. The lowest BCUT2D eigenvalue weighted by molar-refractivity contribution is -0.144. The second kappa shape index (κ2) is 6.49. The van der Waals surface area contributed by atoms with Gasteiger partial charge in [-0.2, -0.15) is 0 Å². The van der Waals surface area contributed by atoms with E-state index in [4.69, 9.17) is 0 Å². The van der Waals surface area contributed by atoms with Crippen LogP contribution in [0.25, 0.3) is 0 Å². The summed E-state index contributed by atoms with van der Waals surface area (Å²) in [6.07, 6.45) is 1.58. The zero-order valence-electron chi connectivity index (χ0n) is 14.8. The molecule has 1 atom stereocenters. The molecule has 0 bridgehead atoms. The fraction of sp³-hybridized carbons (Fsp3) is 0.706. The van der Waals surface area contributed by atoms with Crippen molar-refractivity contribution >= 4 is 17.2 Å². The van der Waals surface area contributed by atoms with Crippen molar-refractivity contribution in [3.63, 3.8) is 0 Å². The van der Waals surface area contributed by atoms with Crippen molar-refractivity contribution in [1.82, 2.24) is 10.2 Å². The van der Waals surface area contributed by atoms with Crippen LogP contribution in [0.15, 0.2) is 6.07 Å². The van der Waals surface area contributed by atoms with Crippen LogP contribution in [0, 0.1) is 6.92 Å². The fourth-order valence-corrected chi connectivity index (χ4v) is 4.04. The van der Waals surface area contributed by atoms with Crippen LogP contribution in [-0.2, 0) is 16.8 Å². The number of nitrogens with zero attached hydrogens (tertiary/aromatic N) is 1. The van der Waals surface area contributed by atoms with E-state index in [9.17, 15) is 4.79 Å². The minimum Gasteiger partial charge on any atom is -0.328 e. The Morgan fingerprint density at radius 1 is 1.38 bits per heavy atom. The van der Waals surface area contributed by atoms with E-state index in [0.717, 1.165) is 6.42 Å². The van der Waals surface area contributed by atoms with Crippen molar-refractivity contribution in [3.8, 4) is 0 Å². The molecule has 1 amide bonds. The molecular weight excluding hydrogens is 280 g/mol. The lowest BCUT2D eigenvalue weighted by Crippen LogP contribution is -2.66. The number of hydrogen-bond donors (Lipinski definition) is 1. The maximum Gasteiger partial charge on any atom is 0.225 e. The summed E-state index contributed by atoms with van der Waals surface area (Å²) in [4.78, 5) is 16.7. The lowest BCUT2D eigenvalue weighted by Gasteiger charge is -2.49. The molecule has 0 aliphatic carbocycles. The standard InChI is InChI=1S/C15H24N2OS.C2H6.2H2/c1-7-11-8-12(19-10(11)2)15(5)9-13(18)17(6)14(3,4)16-15;1-2;;/h8,16H,7,9H2,1-6H3;1-2H3;2*1H/t15-;;;/m0.../s1. The van der Waals surface area contributed by atoms with Gasteiger partial charge in [-0.3, -0.25) is 10.1 Å². The molecule has 1 aromatic heterocycles. The minimum absolute atomic E-state index is 0.